The zero-order valence-electron chi connectivity index (χ0n) is 29.0. The van der Waals surface area contributed by atoms with E-state index >= 15 is 0 Å². The lowest BCUT2D eigenvalue weighted by molar-refractivity contribution is -0.0675. The van der Waals surface area contributed by atoms with Crippen molar-refractivity contribution in [3.63, 3.8) is 0 Å². The van der Waals surface area contributed by atoms with Gasteiger partial charge in [0.05, 0.1) is 0 Å². The molecule has 0 nitrogen and oxygen atoms in total. The third-order valence-electron chi connectivity index (χ3n) is 16.8. The molecule has 7 fully saturated rings. The fourth-order valence-corrected chi connectivity index (χ4v) is 14.5. The van der Waals surface area contributed by atoms with Crippen LogP contribution in [-0.2, 0) is 0 Å². The van der Waals surface area contributed by atoms with Crippen molar-refractivity contribution in [3.05, 3.63) is 0 Å². The summed E-state index contributed by atoms with van der Waals surface area (Å²) in [4.78, 5) is 0. The zero-order valence-corrected chi connectivity index (χ0v) is 29.0. The quantitative estimate of drug-likeness (QED) is 0.295. The molecular formula is C42H72. The predicted molar refractivity (Wildman–Crippen MR) is 180 cm³/mol. The predicted octanol–water partition coefficient (Wildman–Crippen LogP) is 12.6. The van der Waals surface area contributed by atoms with E-state index in [1.165, 1.54) is 51.4 Å². The van der Waals surface area contributed by atoms with Crippen LogP contribution in [0.15, 0.2) is 0 Å². The summed E-state index contributed by atoms with van der Waals surface area (Å²) in [5, 5.41) is 0. The normalized spacial score (nSPS) is 52.9. The van der Waals surface area contributed by atoms with E-state index in [2.05, 4.69) is 34.6 Å². The van der Waals surface area contributed by atoms with Crippen molar-refractivity contribution < 1.29 is 0 Å². The van der Waals surface area contributed by atoms with Crippen LogP contribution in [0, 0.1) is 94.2 Å². The highest BCUT2D eigenvalue weighted by molar-refractivity contribution is 5.09. The standard InChI is InChI=1S/C42H72/c1-27-6-14-31(15-7-27)40(32-16-8-28(2)9-17-32)38-25-35-24-37(38)39-26-42(5,23-22-36(35)39)41(33-18-10-29(3)11-19-33)34-20-12-30(4)13-21-34/h27-41H,6-26H2,1-5H3. The third kappa shape index (κ3) is 5.96. The molecule has 0 saturated heterocycles. The molecule has 6 unspecified atom stereocenters. The first kappa shape index (κ1) is 30.6. The molecule has 0 N–H and O–H groups in total. The van der Waals surface area contributed by atoms with E-state index in [9.17, 15) is 0 Å². The molecule has 240 valence electrons. The number of hydrogen-bond donors (Lipinski definition) is 0. The second kappa shape index (κ2) is 12.7. The summed E-state index contributed by atoms with van der Waals surface area (Å²) in [5.74, 6) is 16.0. The average Bonchev–Trinajstić information content (AvgIpc) is 3.56. The van der Waals surface area contributed by atoms with E-state index in [0.717, 1.165) is 88.8 Å². The molecule has 0 heteroatoms. The van der Waals surface area contributed by atoms with Crippen molar-refractivity contribution in [2.75, 3.05) is 0 Å². The Hall–Kier alpha value is 0. The summed E-state index contributed by atoms with van der Waals surface area (Å²) in [6, 6.07) is 0. The smallest absolute Gasteiger partial charge is 0.0289 e. The van der Waals surface area contributed by atoms with Crippen molar-refractivity contribution in [1.29, 1.82) is 0 Å². The van der Waals surface area contributed by atoms with Crippen LogP contribution in [0.3, 0.4) is 0 Å². The van der Waals surface area contributed by atoms with E-state index in [1.54, 1.807) is 83.5 Å². The van der Waals surface area contributed by atoms with E-state index in [0.29, 0.717) is 5.41 Å². The Balaban J connectivity index is 1.12. The Morgan fingerprint density at radius 2 is 0.881 bits per heavy atom. The van der Waals surface area contributed by atoms with Gasteiger partial charge in [-0.2, -0.15) is 0 Å². The Morgan fingerprint density at radius 3 is 1.33 bits per heavy atom. The Labute approximate surface area is 263 Å². The SMILES string of the molecule is CC1CCC(C(C2CCC(C)CC2)C2CC3CC2C2CC(C)(C(C4CCC(C)CC4)C4CCC(C)CC4)CCC32)CC1. The van der Waals surface area contributed by atoms with E-state index in [1.807, 2.05) is 0 Å². The van der Waals surface area contributed by atoms with Crippen molar-refractivity contribution >= 4 is 0 Å². The monoisotopic (exact) mass is 577 g/mol. The molecule has 6 atom stereocenters. The Bertz CT molecular complexity index is 812. The minimum absolute atomic E-state index is 0.642. The van der Waals surface area contributed by atoms with Crippen LogP contribution in [0.25, 0.3) is 0 Å². The second-order valence-electron chi connectivity index (χ2n) is 19.5. The van der Waals surface area contributed by atoms with Gasteiger partial charge < -0.3 is 0 Å². The highest BCUT2D eigenvalue weighted by Crippen LogP contribution is 2.68. The number of rotatable bonds is 6. The number of hydrogen-bond acceptors (Lipinski definition) is 0. The molecule has 7 aliphatic rings. The van der Waals surface area contributed by atoms with Gasteiger partial charge in [-0.1, -0.05) is 86.0 Å². The van der Waals surface area contributed by atoms with Crippen LogP contribution in [0.2, 0.25) is 0 Å². The maximum Gasteiger partial charge on any atom is -0.0289 e. The van der Waals surface area contributed by atoms with E-state index in [4.69, 9.17) is 0 Å². The van der Waals surface area contributed by atoms with Gasteiger partial charge in [-0.3, -0.25) is 0 Å². The molecule has 0 amide bonds. The molecule has 2 bridgehead atoms. The van der Waals surface area contributed by atoms with Crippen LogP contribution in [0.1, 0.15) is 169 Å². The minimum Gasteiger partial charge on any atom is -0.0625 e. The molecule has 0 heterocycles. The summed E-state index contributed by atoms with van der Waals surface area (Å²) in [5.41, 5.74) is 0.642. The van der Waals surface area contributed by atoms with Gasteiger partial charge >= 0.3 is 0 Å². The molecule has 42 heavy (non-hydrogen) atoms. The fraction of sp³-hybridized carbons (Fsp3) is 1.00. The third-order valence-corrected chi connectivity index (χ3v) is 16.8. The largest absolute Gasteiger partial charge is 0.0625 e. The zero-order chi connectivity index (χ0) is 29.0. The second-order valence-corrected chi connectivity index (χ2v) is 19.5. The van der Waals surface area contributed by atoms with Crippen LogP contribution in [0.5, 0.6) is 0 Å². The van der Waals surface area contributed by atoms with Gasteiger partial charge in [0.25, 0.3) is 0 Å². The van der Waals surface area contributed by atoms with Gasteiger partial charge in [-0.15, -0.1) is 0 Å². The van der Waals surface area contributed by atoms with Gasteiger partial charge in [0.2, 0.25) is 0 Å². The van der Waals surface area contributed by atoms with Crippen molar-refractivity contribution in [1.82, 2.24) is 0 Å². The molecule has 0 aromatic carbocycles. The van der Waals surface area contributed by atoms with Gasteiger partial charge in [-0.25, -0.2) is 0 Å². The molecule has 0 aromatic rings. The molecule has 0 radical (unpaired) electrons. The molecule has 0 spiro atoms. The molecule has 7 saturated carbocycles. The maximum atomic E-state index is 2.90. The molecular weight excluding hydrogens is 504 g/mol. The topological polar surface area (TPSA) is 0 Å². The summed E-state index contributed by atoms with van der Waals surface area (Å²) in [6.45, 7) is 13.1. The average molecular weight is 577 g/mol. The van der Waals surface area contributed by atoms with Crippen LogP contribution in [-0.4, -0.2) is 0 Å². The molecule has 7 rings (SSSR count). The van der Waals surface area contributed by atoms with E-state index < -0.39 is 0 Å². The minimum atomic E-state index is 0.642. The first-order valence-corrected chi connectivity index (χ1v) is 20.3. The summed E-state index contributed by atoms with van der Waals surface area (Å²) >= 11 is 0. The van der Waals surface area contributed by atoms with Crippen molar-refractivity contribution in [3.8, 4) is 0 Å². The van der Waals surface area contributed by atoms with Gasteiger partial charge in [0.1, 0.15) is 0 Å². The van der Waals surface area contributed by atoms with Crippen molar-refractivity contribution in [2.45, 2.75) is 169 Å². The summed E-state index contributed by atoms with van der Waals surface area (Å²) in [6.07, 6.45) is 33.0. The van der Waals surface area contributed by atoms with Crippen LogP contribution in [0.4, 0.5) is 0 Å². The van der Waals surface area contributed by atoms with Crippen LogP contribution < -0.4 is 0 Å². The van der Waals surface area contributed by atoms with Gasteiger partial charge in [0.15, 0.2) is 0 Å². The first-order valence-electron chi connectivity index (χ1n) is 20.3. The van der Waals surface area contributed by atoms with Crippen molar-refractivity contribution in [2.24, 2.45) is 94.2 Å². The molecule has 0 aromatic heterocycles. The lowest BCUT2D eigenvalue weighted by atomic mass is 9.49. The highest BCUT2D eigenvalue weighted by atomic mass is 14.6. The fourth-order valence-electron chi connectivity index (χ4n) is 14.5. The maximum absolute atomic E-state index is 2.90. The van der Waals surface area contributed by atoms with E-state index in [-0.39, 0.29) is 0 Å². The van der Waals surface area contributed by atoms with Gasteiger partial charge in [-0.05, 0) is 178 Å². The first-order chi connectivity index (χ1) is 20.3. The lowest BCUT2D eigenvalue weighted by Gasteiger charge is -2.56. The molecule has 7 aliphatic carbocycles. The lowest BCUT2D eigenvalue weighted by Crippen LogP contribution is -2.48. The summed E-state index contributed by atoms with van der Waals surface area (Å²) in [7, 11) is 0. The highest BCUT2D eigenvalue weighted by Gasteiger charge is 2.60. The van der Waals surface area contributed by atoms with Crippen LogP contribution >= 0.6 is 0 Å². The Kier molecular flexibility index (Phi) is 9.23. The Morgan fingerprint density at radius 1 is 0.452 bits per heavy atom. The molecule has 0 aliphatic heterocycles. The summed E-state index contributed by atoms with van der Waals surface area (Å²) < 4.78 is 0. The van der Waals surface area contributed by atoms with Gasteiger partial charge in [0, 0.05) is 0 Å². The number of fused-ring (bicyclic) bond motifs is 5.